The van der Waals surface area contributed by atoms with Crippen molar-refractivity contribution >= 4 is 0 Å². The molecule has 0 heterocycles. The summed E-state index contributed by atoms with van der Waals surface area (Å²) < 4.78 is 14.4. The van der Waals surface area contributed by atoms with Crippen LogP contribution in [0.25, 0.3) is 0 Å². The summed E-state index contributed by atoms with van der Waals surface area (Å²) in [5.74, 6) is -0.115. The van der Waals surface area contributed by atoms with Gasteiger partial charge in [-0.05, 0) is 63.9 Å². The third kappa shape index (κ3) is 3.70. The zero-order valence-electron chi connectivity index (χ0n) is 13.5. The first-order valence-electron chi connectivity index (χ1n) is 7.41. The van der Waals surface area contributed by atoms with Gasteiger partial charge in [0.15, 0.2) is 0 Å². The molecule has 0 aliphatic carbocycles. The lowest BCUT2D eigenvalue weighted by atomic mass is 9.92. The fourth-order valence-electron chi connectivity index (χ4n) is 3.14. The number of nitrogens with one attached hydrogen (secondary N) is 1. The van der Waals surface area contributed by atoms with Crippen molar-refractivity contribution in [1.29, 1.82) is 0 Å². The lowest BCUT2D eigenvalue weighted by Gasteiger charge is -2.21. The van der Waals surface area contributed by atoms with Crippen LogP contribution in [0.3, 0.4) is 0 Å². The van der Waals surface area contributed by atoms with E-state index in [0.717, 1.165) is 23.1 Å². The third-order valence-electron chi connectivity index (χ3n) is 3.90. The molecule has 0 amide bonds. The lowest BCUT2D eigenvalue weighted by molar-refractivity contribution is 0.530. The van der Waals surface area contributed by atoms with Crippen LogP contribution in [0.15, 0.2) is 30.3 Å². The van der Waals surface area contributed by atoms with Gasteiger partial charge >= 0.3 is 0 Å². The zero-order chi connectivity index (χ0) is 15.6. The van der Waals surface area contributed by atoms with E-state index in [-0.39, 0.29) is 11.9 Å². The molecule has 2 aromatic rings. The Balaban J connectivity index is 2.36. The summed E-state index contributed by atoms with van der Waals surface area (Å²) in [4.78, 5) is 0. The molecule has 0 saturated carbocycles. The van der Waals surface area contributed by atoms with Crippen molar-refractivity contribution in [2.45, 2.75) is 40.2 Å². The molecule has 2 rings (SSSR count). The molecule has 0 bridgehead atoms. The fraction of sp³-hybridized carbons (Fsp3) is 0.368. The average molecular weight is 285 g/mol. The van der Waals surface area contributed by atoms with E-state index >= 15 is 0 Å². The average Bonchev–Trinajstić information content (AvgIpc) is 2.35. The highest BCUT2D eigenvalue weighted by atomic mass is 19.1. The largest absolute Gasteiger partial charge is 0.313 e. The summed E-state index contributed by atoms with van der Waals surface area (Å²) in [6.07, 6.45) is 0.792. The van der Waals surface area contributed by atoms with E-state index in [0.29, 0.717) is 0 Å². The van der Waals surface area contributed by atoms with E-state index in [1.54, 1.807) is 6.07 Å². The second-order valence-electron chi connectivity index (χ2n) is 6.02. The first-order valence-corrected chi connectivity index (χ1v) is 7.41. The highest BCUT2D eigenvalue weighted by molar-refractivity contribution is 5.36. The van der Waals surface area contributed by atoms with Crippen LogP contribution in [0.5, 0.6) is 0 Å². The molecule has 0 aliphatic rings. The maximum Gasteiger partial charge on any atom is 0.128 e. The second-order valence-corrected chi connectivity index (χ2v) is 6.02. The van der Waals surface area contributed by atoms with Gasteiger partial charge in [0.05, 0.1) is 0 Å². The standard InChI is InChI=1S/C19H24FN/c1-12-6-13(2)9-16(8-12)11-18(21-5)19-15(4)7-14(3)10-17(19)20/h6-10,18,21H,11H2,1-5H3. The van der Waals surface area contributed by atoms with Gasteiger partial charge in [0.25, 0.3) is 0 Å². The van der Waals surface area contributed by atoms with E-state index in [1.165, 1.54) is 16.7 Å². The fourth-order valence-corrected chi connectivity index (χ4v) is 3.14. The Kier molecular flexibility index (Phi) is 4.79. The van der Waals surface area contributed by atoms with Crippen LogP contribution in [0.2, 0.25) is 0 Å². The third-order valence-corrected chi connectivity index (χ3v) is 3.90. The lowest BCUT2D eigenvalue weighted by Crippen LogP contribution is -2.21. The van der Waals surface area contributed by atoms with E-state index in [2.05, 4.69) is 37.4 Å². The Morgan fingerprint density at radius 1 is 0.905 bits per heavy atom. The predicted molar refractivity (Wildman–Crippen MR) is 87.3 cm³/mol. The number of hydrogen-bond acceptors (Lipinski definition) is 1. The number of benzene rings is 2. The molecular weight excluding hydrogens is 261 g/mol. The minimum absolute atomic E-state index is 0.00759. The van der Waals surface area contributed by atoms with Crippen molar-refractivity contribution in [3.63, 3.8) is 0 Å². The van der Waals surface area contributed by atoms with Gasteiger partial charge in [-0.2, -0.15) is 0 Å². The minimum atomic E-state index is -0.115. The van der Waals surface area contributed by atoms with Crippen molar-refractivity contribution in [2.24, 2.45) is 0 Å². The first kappa shape index (κ1) is 15.7. The van der Waals surface area contributed by atoms with Gasteiger partial charge in [-0.15, -0.1) is 0 Å². The van der Waals surface area contributed by atoms with Crippen LogP contribution in [-0.2, 0) is 6.42 Å². The summed E-state index contributed by atoms with van der Waals surface area (Å²) in [6, 6.07) is 10.2. The quantitative estimate of drug-likeness (QED) is 0.868. The molecule has 1 atom stereocenters. The molecule has 0 saturated heterocycles. The van der Waals surface area contributed by atoms with Crippen LogP contribution in [0.1, 0.15) is 39.4 Å². The van der Waals surface area contributed by atoms with E-state index in [4.69, 9.17) is 0 Å². The van der Waals surface area contributed by atoms with Crippen molar-refractivity contribution in [2.75, 3.05) is 7.05 Å². The van der Waals surface area contributed by atoms with Gasteiger partial charge < -0.3 is 5.32 Å². The van der Waals surface area contributed by atoms with Gasteiger partial charge in [-0.1, -0.05) is 35.4 Å². The number of hydrogen-bond donors (Lipinski definition) is 1. The van der Waals surface area contributed by atoms with Crippen molar-refractivity contribution in [3.05, 3.63) is 69.5 Å². The summed E-state index contributed by atoms with van der Waals surface area (Å²) in [5, 5.41) is 3.27. The van der Waals surface area contributed by atoms with Crippen molar-refractivity contribution in [3.8, 4) is 0 Å². The Morgan fingerprint density at radius 3 is 2.00 bits per heavy atom. The summed E-state index contributed by atoms with van der Waals surface area (Å²) in [6.45, 7) is 8.11. The van der Waals surface area contributed by atoms with Gasteiger partial charge in [0, 0.05) is 11.6 Å². The zero-order valence-corrected chi connectivity index (χ0v) is 13.5. The van der Waals surface area contributed by atoms with Crippen LogP contribution in [0.4, 0.5) is 4.39 Å². The predicted octanol–water partition coefficient (Wildman–Crippen LogP) is 4.56. The van der Waals surface area contributed by atoms with Crippen LogP contribution >= 0.6 is 0 Å². The molecule has 0 fully saturated rings. The molecule has 0 aliphatic heterocycles. The Morgan fingerprint density at radius 2 is 1.48 bits per heavy atom. The molecule has 0 aromatic heterocycles. The normalized spacial score (nSPS) is 12.5. The van der Waals surface area contributed by atoms with Gasteiger partial charge in [0.2, 0.25) is 0 Å². The highest BCUT2D eigenvalue weighted by Gasteiger charge is 2.17. The number of rotatable bonds is 4. The molecule has 21 heavy (non-hydrogen) atoms. The van der Waals surface area contributed by atoms with E-state index in [9.17, 15) is 4.39 Å². The van der Waals surface area contributed by atoms with Crippen LogP contribution < -0.4 is 5.32 Å². The molecule has 0 radical (unpaired) electrons. The smallest absolute Gasteiger partial charge is 0.128 e. The highest BCUT2D eigenvalue weighted by Crippen LogP contribution is 2.26. The van der Waals surface area contributed by atoms with Gasteiger partial charge in [-0.3, -0.25) is 0 Å². The van der Waals surface area contributed by atoms with E-state index in [1.807, 2.05) is 27.0 Å². The Bertz CT molecular complexity index is 603. The van der Waals surface area contributed by atoms with Gasteiger partial charge in [0.1, 0.15) is 5.82 Å². The summed E-state index contributed by atoms with van der Waals surface area (Å²) in [5.41, 5.74) is 6.50. The van der Waals surface area contributed by atoms with E-state index < -0.39 is 0 Å². The second kappa shape index (κ2) is 6.40. The molecule has 112 valence electrons. The molecule has 2 heteroatoms. The van der Waals surface area contributed by atoms with Crippen molar-refractivity contribution < 1.29 is 4.39 Å². The first-order chi connectivity index (χ1) is 9.90. The van der Waals surface area contributed by atoms with Crippen LogP contribution in [-0.4, -0.2) is 7.05 Å². The van der Waals surface area contributed by atoms with Gasteiger partial charge in [-0.25, -0.2) is 4.39 Å². The van der Waals surface area contributed by atoms with Crippen molar-refractivity contribution in [1.82, 2.24) is 5.32 Å². The summed E-state index contributed by atoms with van der Waals surface area (Å²) in [7, 11) is 1.89. The molecule has 1 N–H and O–H groups in total. The molecule has 0 spiro atoms. The monoisotopic (exact) mass is 285 g/mol. The Labute approximate surface area is 127 Å². The summed E-state index contributed by atoms with van der Waals surface area (Å²) >= 11 is 0. The number of aryl methyl sites for hydroxylation is 4. The topological polar surface area (TPSA) is 12.0 Å². The SMILES string of the molecule is CNC(Cc1cc(C)cc(C)c1)c1c(C)cc(C)cc1F. The molecule has 1 nitrogen and oxygen atoms in total. The maximum atomic E-state index is 14.4. The Hall–Kier alpha value is -1.67. The maximum absolute atomic E-state index is 14.4. The minimum Gasteiger partial charge on any atom is -0.313 e. The molecule has 2 aromatic carbocycles. The molecule has 1 unspecified atom stereocenters. The molecular formula is C19H24FN. The number of halogens is 1. The van der Waals surface area contributed by atoms with Crippen LogP contribution in [0, 0.1) is 33.5 Å². The number of likely N-dealkylation sites (N-methyl/N-ethyl adjacent to an activating group) is 1.